The SMILES string of the molecule is Cc1ccc(N(C=CC=CC=Cc2ccccc2)c2ccc3c(c2)Oc2ccc4c5c(ccc-3c25)Oc2cc(N(c3ccc(C)cc3)c3ccccc3-c3ccccc3)ccc2-4)cc1. The topological polar surface area (TPSA) is 24.9 Å². The Labute approximate surface area is 374 Å². The predicted octanol–water partition coefficient (Wildman–Crippen LogP) is 17.1. The van der Waals surface area contributed by atoms with Gasteiger partial charge in [-0.05, 0) is 121 Å². The molecule has 0 N–H and O–H groups in total. The van der Waals surface area contributed by atoms with Crippen LogP contribution in [0.1, 0.15) is 16.7 Å². The molecule has 0 spiro atoms. The normalized spacial score (nSPS) is 12.3. The summed E-state index contributed by atoms with van der Waals surface area (Å²) in [5, 5.41) is 2.12. The fourth-order valence-corrected chi connectivity index (χ4v) is 8.89. The van der Waals surface area contributed by atoms with Gasteiger partial charge in [0.15, 0.2) is 0 Å². The van der Waals surface area contributed by atoms with Crippen LogP contribution in [0.5, 0.6) is 23.0 Å². The van der Waals surface area contributed by atoms with Gasteiger partial charge in [-0.3, -0.25) is 0 Å². The lowest BCUT2D eigenvalue weighted by Crippen LogP contribution is -2.12. The molecule has 0 saturated heterocycles. The van der Waals surface area contributed by atoms with Gasteiger partial charge >= 0.3 is 0 Å². The van der Waals surface area contributed by atoms with Gasteiger partial charge in [0.2, 0.25) is 0 Å². The highest BCUT2D eigenvalue weighted by Crippen LogP contribution is 2.56. The molecule has 4 nitrogen and oxygen atoms in total. The third-order valence-electron chi connectivity index (χ3n) is 12.1. The second kappa shape index (κ2) is 16.5. The van der Waals surface area contributed by atoms with Crippen molar-refractivity contribution in [2.75, 3.05) is 9.80 Å². The van der Waals surface area contributed by atoms with E-state index in [1.807, 2.05) is 18.2 Å². The molecule has 9 aromatic rings. The highest BCUT2D eigenvalue weighted by Gasteiger charge is 2.29. The Bertz CT molecular complexity index is 3280. The Kier molecular flexibility index (Phi) is 9.95. The van der Waals surface area contributed by atoms with E-state index in [1.54, 1.807) is 0 Å². The molecular formula is C60H44N2O2. The van der Waals surface area contributed by atoms with Gasteiger partial charge in [0.05, 0.1) is 5.69 Å². The number of nitrogens with zero attached hydrogens (tertiary/aromatic N) is 2. The number of hydrogen-bond acceptors (Lipinski definition) is 4. The van der Waals surface area contributed by atoms with E-state index in [-0.39, 0.29) is 0 Å². The molecule has 2 aliphatic heterocycles. The van der Waals surface area contributed by atoms with Crippen LogP contribution >= 0.6 is 0 Å². The summed E-state index contributed by atoms with van der Waals surface area (Å²) in [6.45, 7) is 4.24. The summed E-state index contributed by atoms with van der Waals surface area (Å²) in [6, 6.07) is 68.5. The third-order valence-corrected chi connectivity index (χ3v) is 12.1. The number of allylic oxidation sites excluding steroid dienone is 4. The van der Waals surface area contributed by atoms with Crippen LogP contribution in [0.25, 0.3) is 50.2 Å². The van der Waals surface area contributed by atoms with Gasteiger partial charge in [0, 0.05) is 68.5 Å². The van der Waals surface area contributed by atoms with Crippen LogP contribution in [0.4, 0.5) is 28.4 Å². The Morgan fingerprint density at radius 3 is 1.55 bits per heavy atom. The van der Waals surface area contributed by atoms with Gasteiger partial charge in [-0.1, -0.05) is 139 Å². The molecule has 0 aromatic heterocycles. The van der Waals surface area contributed by atoms with Crippen LogP contribution in [0.3, 0.4) is 0 Å². The quantitative estimate of drug-likeness (QED) is 0.128. The first-order valence-electron chi connectivity index (χ1n) is 21.7. The summed E-state index contributed by atoms with van der Waals surface area (Å²) in [5.41, 5.74) is 15.5. The highest BCUT2D eigenvalue weighted by molar-refractivity contribution is 6.14. The average Bonchev–Trinajstić information content (AvgIpc) is 3.34. The van der Waals surface area contributed by atoms with Crippen molar-refractivity contribution in [2.45, 2.75) is 13.8 Å². The molecule has 2 aliphatic rings. The molecule has 2 heterocycles. The fraction of sp³-hybridized carbons (Fsp3) is 0.0333. The van der Waals surface area contributed by atoms with Gasteiger partial charge in [0.1, 0.15) is 23.0 Å². The maximum Gasteiger partial charge on any atom is 0.137 e. The Morgan fingerprint density at radius 1 is 0.375 bits per heavy atom. The molecule has 64 heavy (non-hydrogen) atoms. The molecule has 0 bridgehead atoms. The molecule has 0 amide bonds. The second-order valence-electron chi connectivity index (χ2n) is 16.3. The lowest BCUT2D eigenvalue weighted by atomic mass is 9.88. The summed E-state index contributed by atoms with van der Waals surface area (Å²) < 4.78 is 13.7. The molecule has 0 saturated carbocycles. The monoisotopic (exact) mass is 824 g/mol. The largest absolute Gasteiger partial charge is 0.456 e. The third kappa shape index (κ3) is 7.21. The Balaban J connectivity index is 0.946. The van der Waals surface area contributed by atoms with Gasteiger partial charge in [-0.2, -0.15) is 0 Å². The van der Waals surface area contributed by atoms with Gasteiger partial charge in [-0.25, -0.2) is 0 Å². The summed E-state index contributed by atoms with van der Waals surface area (Å²) in [6.07, 6.45) is 12.4. The first-order chi connectivity index (χ1) is 31.6. The van der Waals surface area contributed by atoms with Crippen LogP contribution in [-0.2, 0) is 0 Å². The highest BCUT2D eigenvalue weighted by atomic mass is 16.5. The smallest absolute Gasteiger partial charge is 0.137 e. The molecular weight excluding hydrogens is 781 g/mol. The number of para-hydroxylation sites is 1. The zero-order valence-corrected chi connectivity index (χ0v) is 35.7. The van der Waals surface area contributed by atoms with Crippen LogP contribution < -0.4 is 19.3 Å². The maximum atomic E-state index is 6.90. The molecule has 0 aliphatic carbocycles. The van der Waals surface area contributed by atoms with Crippen molar-refractivity contribution < 1.29 is 9.47 Å². The fourth-order valence-electron chi connectivity index (χ4n) is 8.89. The number of anilines is 5. The lowest BCUT2D eigenvalue weighted by Gasteiger charge is -2.30. The number of benzene rings is 9. The number of hydrogen-bond donors (Lipinski definition) is 0. The molecule has 0 unspecified atom stereocenters. The van der Waals surface area contributed by atoms with E-state index in [4.69, 9.17) is 9.47 Å². The van der Waals surface area contributed by atoms with Crippen molar-refractivity contribution in [3.63, 3.8) is 0 Å². The van der Waals surface area contributed by atoms with Gasteiger partial charge in [-0.15, -0.1) is 0 Å². The van der Waals surface area contributed by atoms with Crippen molar-refractivity contribution in [1.29, 1.82) is 0 Å². The molecule has 0 atom stereocenters. The van der Waals surface area contributed by atoms with Crippen LogP contribution in [0.2, 0.25) is 0 Å². The first-order valence-corrected chi connectivity index (χ1v) is 21.7. The van der Waals surface area contributed by atoms with E-state index in [0.29, 0.717) is 0 Å². The summed E-state index contributed by atoms with van der Waals surface area (Å²) >= 11 is 0. The first kappa shape index (κ1) is 38.6. The second-order valence-corrected chi connectivity index (χ2v) is 16.3. The average molecular weight is 825 g/mol. The number of fused-ring (bicyclic) bond motifs is 4. The number of aryl methyl sites for hydroxylation is 2. The van der Waals surface area contributed by atoms with E-state index >= 15 is 0 Å². The van der Waals surface area contributed by atoms with Crippen LogP contribution in [0.15, 0.2) is 225 Å². The molecule has 0 radical (unpaired) electrons. The number of rotatable bonds is 10. The Morgan fingerprint density at radius 2 is 0.891 bits per heavy atom. The minimum Gasteiger partial charge on any atom is -0.456 e. The van der Waals surface area contributed by atoms with Gasteiger partial charge in [0.25, 0.3) is 0 Å². The minimum atomic E-state index is 0.814. The summed E-state index contributed by atoms with van der Waals surface area (Å²) in [4.78, 5) is 4.53. The lowest BCUT2D eigenvalue weighted by molar-refractivity contribution is 0.480. The Hall–Kier alpha value is -8.34. The zero-order valence-electron chi connectivity index (χ0n) is 35.7. The van der Waals surface area contributed by atoms with E-state index < -0.39 is 0 Å². The molecule has 9 aromatic carbocycles. The van der Waals surface area contributed by atoms with Crippen molar-refractivity contribution >= 4 is 45.3 Å². The van der Waals surface area contributed by atoms with Gasteiger partial charge < -0.3 is 19.3 Å². The van der Waals surface area contributed by atoms with E-state index in [9.17, 15) is 0 Å². The van der Waals surface area contributed by atoms with E-state index in [2.05, 4.69) is 236 Å². The van der Waals surface area contributed by atoms with Crippen molar-refractivity contribution in [1.82, 2.24) is 0 Å². The number of ether oxygens (including phenoxy) is 2. The van der Waals surface area contributed by atoms with Crippen molar-refractivity contribution in [3.8, 4) is 56.4 Å². The molecule has 11 rings (SSSR count). The standard InChI is InChI=1S/C60H44N2O2/c1-41-22-26-45(27-23-41)61(38-14-4-3-7-15-43-16-8-5-9-17-43)47-30-32-50-52-34-37-56-60-53(35-36-55(59(52)60)63-57(50)39-47)51-33-31-48(40-58(51)64-56)62(46-28-24-42(2)25-29-46)54-21-13-12-20-49(54)44-18-10-6-11-19-44/h3-40H,1-2H3. The van der Waals surface area contributed by atoms with E-state index in [0.717, 1.165) is 95.6 Å². The van der Waals surface area contributed by atoms with Crippen LogP contribution in [0, 0.1) is 13.8 Å². The van der Waals surface area contributed by atoms with Crippen LogP contribution in [-0.4, -0.2) is 0 Å². The molecule has 0 fully saturated rings. The van der Waals surface area contributed by atoms with Crippen molar-refractivity contribution in [3.05, 3.63) is 241 Å². The minimum absolute atomic E-state index is 0.814. The van der Waals surface area contributed by atoms with E-state index in [1.165, 1.54) is 16.7 Å². The molecule has 306 valence electrons. The maximum absolute atomic E-state index is 6.90. The zero-order chi connectivity index (χ0) is 43.0. The molecule has 4 heteroatoms. The van der Waals surface area contributed by atoms with Crippen molar-refractivity contribution in [2.24, 2.45) is 0 Å². The summed E-state index contributed by atoms with van der Waals surface area (Å²) in [7, 11) is 0. The summed E-state index contributed by atoms with van der Waals surface area (Å²) in [5.74, 6) is 3.26. The predicted molar refractivity (Wildman–Crippen MR) is 267 cm³/mol.